The molecule has 2 N–H and O–H groups in total. The van der Waals surface area contributed by atoms with Crippen LogP contribution in [0.2, 0.25) is 0 Å². The van der Waals surface area contributed by atoms with Crippen LogP contribution in [-0.2, 0) is 19.5 Å². The van der Waals surface area contributed by atoms with Crippen LogP contribution in [0.1, 0.15) is 28.1 Å². The van der Waals surface area contributed by atoms with E-state index in [1.165, 1.54) is 22.4 Å². The van der Waals surface area contributed by atoms with Gasteiger partial charge in [-0.1, -0.05) is 18.2 Å². The van der Waals surface area contributed by atoms with Crippen molar-refractivity contribution in [1.82, 2.24) is 24.6 Å². The van der Waals surface area contributed by atoms with E-state index in [1.54, 1.807) is 0 Å². The summed E-state index contributed by atoms with van der Waals surface area (Å²) in [7, 11) is 0. The van der Waals surface area contributed by atoms with Gasteiger partial charge in [-0.15, -0.1) is 0 Å². The fourth-order valence-electron chi connectivity index (χ4n) is 4.16. The number of para-hydroxylation sites is 1. The van der Waals surface area contributed by atoms with Crippen molar-refractivity contribution in [2.75, 3.05) is 12.3 Å². The molecule has 0 fully saturated rings. The van der Waals surface area contributed by atoms with E-state index in [2.05, 4.69) is 53.1 Å². The third kappa shape index (κ3) is 3.82. The summed E-state index contributed by atoms with van der Waals surface area (Å²) >= 11 is 0. The van der Waals surface area contributed by atoms with Crippen LogP contribution >= 0.6 is 0 Å². The minimum absolute atomic E-state index is 0.749. The molecule has 2 aromatic heterocycles. The molecule has 0 amide bonds. The summed E-state index contributed by atoms with van der Waals surface area (Å²) < 4.78 is 2.05. The molecule has 6 heteroatoms. The van der Waals surface area contributed by atoms with Crippen LogP contribution in [0.5, 0.6) is 0 Å². The quantitative estimate of drug-likeness (QED) is 0.513. The lowest BCUT2D eigenvalue weighted by Gasteiger charge is -2.28. The van der Waals surface area contributed by atoms with Gasteiger partial charge in [0.25, 0.3) is 0 Å². The van der Waals surface area contributed by atoms with E-state index in [9.17, 15) is 0 Å². The third-order valence-electron chi connectivity index (χ3n) is 6.03. The average Bonchev–Trinajstić information content (AvgIpc) is 3.14. The fourth-order valence-corrected chi connectivity index (χ4v) is 4.16. The predicted octanol–water partition coefficient (Wildman–Crippen LogP) is 4.09. The SMILES string of the molecule is Cc1ccccc1-n1ncc(CN2CCc3nc(-c4ccc(N)cc4)ncc3C2)c1C. The van der Waals surface area contributed by atoms with Gasteiger partial charge in [-0.25, -0.2) is 14.6 Å². The predicted molar refractivity (Wildman–Crippen MR) is 123 cm³/mol. The topological polar surface area (TPSA) is 72.9 Å². The molecule has 0 saturated heterocycles. The van der Waals surface area contributed by atoms with Crippen molar-refractivity contribution < 1.29 is 0 Å². The average molecular weight is 411 g/mol. The Morgan fingerprint density at radius 3 is 2.61 bits per heavy atom. The summed E-state index contributed by atoms with van der Waals surface area (Å²) in [6.07, 6.45) is 4.90. The van der Waals surface area contributed by atoms with E-state index in [0.29, 0.717) is 0 Å². The minimum atomic E-state index is 0.749. The molecule has 3 heterocycles. The number of hydrogen-bond acceptors (Lipinski definition) is 5. The molecule has 0 saturated carbocycles. The smallest absolute Gasteiger partial charge is 0.159 e. The first kappa shape index (κ1) is 19.5. The third-order valence-corrected chi connectivity index (χ3v) is 6.03. The molecule has 0 radical (unpaired) electrons. The highest BCUT2D eigenvalue weighted by Crippen LogP contribution is 2.24. The van der Waals surface area contributed by atoms with Crippen LogP contribution < -0.4 is 5.73 Å². The first-order valence-electron chi connectivity index (χ1n) is 10.6. The summed E-state index contributed by atoms with van der Waals surface area (Å²) in [6.45, 7) is 6.97. The molecule has 31 heavy (non-hydrogen) atoms. The molecule has 1 aliphatic rings. The number of aromatic nitrogens is 4. The van der Waals surface area contributed by atoms with Crippen LogP contribution in [0.4, 0.5) is 5.69 Å². The van der Waals surface area contributed by atoms with E-state index in [-0.39, 0.29) is 0 Å². The highest BCUT2D eigenvalue weighted by atomic mass is 15.3. The molecule has 156 valence electrons. The zero-order valence-corrected chi connectivity index (χ0v) is 17.9. The summed E-state index contributed by atoms with van der Waals surface area (Å²) in [5.74, 6) is 0.766. The second kappa shape index (κ2) is 7.96. The van der Waals surface area contributed by atoms with Crippen LogP contribution in [0, 0.1) is 13.8 Å². The van der Waals surface area contributed by atoms with Crippen molar-refractivity contribution in [3.05, 3.63) is 89.0 Å². The maximum absolute atomic E-state index is 5.79. The molecule has 5 rings (SSSR count). The Labute approximate surface area is 182 Å². The van der Waals surface area contributed by atoms with Gasteiger partial charge >= 0.3 is 0 Å². The lowest BCUT2D eigenvalue weighted by Crippen LogP contribution is -2.31. The second-order valence-electron chi connectivity index (χ2n) is 8.20. The molecular weight excluding hydrogens is 384 g/mol. The van der Waals surface area contributed by atoms with Crippen LogP contribution in [-0.4, -0.2) is 31.2 Å². The summed E-state index contributed by atoms with van der Waals surface area (Å²) in [5.41, 5.74) is 14.7. The van der Waals surface area contributed by atoms with E-state index in [4.69, 9.17) is 10.7 Å². The molecule has 0 aliphatic carbocycles. The van der Waals surface area contributed by atoms with Crippen LogP contribution in [0.25, 0.3) is 17.1 Å². The molecule has 1 aliphatic heterocycles. The van der Waals surface area contributed by atoms with Gasteiger partial charge < -0.3 is 5.73 Å². The first-order valence-corrected chi connectivity index (χ1v) is 10.6. The number of rotatable bonds is 4. The van der Waals surface area contributed by atoms with Crippen LogP contribution in [0.3, 0.4) is 0 Å². The largest absolute Gasteiger partial charge is 0.399 e. The van der Waals surface area contributed by atoms with Crippen molar-refractivity contribution in [2.24, 2.45) is 0 Å². The standard InChI is InChI=1S/C25H26N6/c1-17-5-3-4-6-24(17)31-18(2)20(14-28-31)15-30-12-11-23-21(16-30)13-27-25(29-23)19-7-9-22(26)10-8-19/h3-10,13-14H,11-12,15-16,26H2,1-2H3. The number of nitrogen functional groups attached to an aromatic ring is 1. The van der Waals surface area contributed by atoms with Crippen molar-refractivity contribution in [2.45, 2.75) is 33.4 Å². The maximum atomic E-state index is 5.79. The van der Waals surface area contributed by atoms with Crippen molar-refractivity contribution >= 4 is 5.69 Å². The second-order valence-corrected chi connectivity index (χ2v) is 8.20. The number of aryl methyl sites for hydroxylation is 1. The van der Waals surface area contributed by atoms with Gasteiger partial charge in [0.1, 0.15) is 0 Å². The maximum Gasteiger partial charge on any atom is 0.159 e. The first-order chi connectivity index (χ1) is 15.1. The lowest BCUT2D eigenvalue weighted by atomic mass is 10.1. The van der Waals surface area contributed by atoms with Gasteiger partial charge in [0.05, 0.1) is 17.6 Å². The number of hydrogen-bond donors (Lipinski definition) is 1. The number of fused-ring (bicyclic) bond motifs is 1. The Balaban J connectivity index is 1.33. The molecule has 4 aromatic rings. The van der Waals surface area contributed by atoms with E-state index in [1.807, 2.05) is 41.3 Å². The highest BCUT2D eigenvalue weighted by Gasteiger charge is 2.21. The van der Waals surface area contributed by atoms with Gasteiger partial charge in [-0.2, -0.15) is 5.10 Å². The Kier molecular flexibility index (Phi) is 5.00. The summed E-state index contributed by atoms with van der Waals surface area (Å²) in [6, 6.07) is 16.1. The Morgan fingerprint density at radius 2 is 1.81 bits per heavy atom. The van der Waals surface area contributed by atoms with Gasteiger partial charge in [0, 0.05) is 60.3 Å². The molecule has 0 spiro atoms. The molecule has 2 aromatic carbocycles. The summed E-state index contributed by atoms with van der Waals surface area (Å²) in [5, 5.41) is 4.66. The number of nitrogens with zero attached hydrogens (tertiary/aromatic N) is 5. The van der Waals surface area contributed by atoms with Crippen molar-refractivity contribution in [1.29, 1.82) is 0 Å². The zero-order valence-electron chi connectivity index (χ0n) is 17.9. The molecular formula is C25H26N6. The Hall–Kier alpha value is -3.51. The van der Waals surface area contributed by atoms with Crippen molar-refractivity contribution in [3.63, 3.8) is 0 Å². The van der Waals surface area contributed by atoms with E-state index >= 15 is 0 Å². The fraction of sp³-hybridized carbons (Fsp3) is 0.240. The molecule has 0 atom stereocenters. The van der Waals surface area contributed by atoms with Gasteiger partial charge in [0.15, 0.2) is 5.82 Å². The highest BCUT2D eigenvalue weighted by molar-refractivity contribution is 5.58. The Morgan fingerprint density at radius 1 is 1.00 bits per heavy atom. The van der Waals surface area contributed by atoms with Gasteiger partial charge in [-0.05, 0) is 49.7 Å². The number of benzene rings is 2. The monoisotopic (exact) mass is 410 g/mol. The van der Waals surface area contributed by atoms with E-state index < -0.39 is 0 Å². The van der Waals surface area contributed by atoms with Crippen molar-refractivity contribution in [3.8, 4) is 17.1 Å². The van der Waals surface area contributed by atoms with Gasteiger partial charge in [-0.3, -0.25) is 4.90 Å². The molecule has 0 unspecified atom stereocenters. The lowest BCUT2D eigenvalue weighted by molar-refractivity contribution is 0.242. The van der Waals surface area contributed by atoms with Gasteiger partial charge in [0.2, 0.25) is 0 Å². The number of nitrogens with two attached hydrogens (primary N) is 1. The summed E-state index contributed by atoms with van der Waals surface area (Å²) in [4.78, 5) is 11.9. The van der Waals surface area contributed by atoms with Crippen LogP contribution in [0.15, 0.2) is 60.9 Å². The molecule has 6 nitrogen and oxygen atoms in total. The Bertz CT molecular complexity index is 1230. The number of anilines is 1. The molecule has 0 bridgehead atoms. The van der Waals surface area contributed by atoms with E-state index in [0.717, 1.165) is 54.5 Å². The zero-order chi connectivity index (χ0) is 21.4. The minimum Gasteiger partial charge on any atom is -0.399 e. The normalized spacial score (nSPS) is 13.9.